The van der Waals surface area contributed by atoms with Crippen molar-refractivity contribution in [2.45, 2.75) is 26.2 Å². The Bertz CT molecular complexity index is 695. The summed E-state index contributed by atoms with van der Waals surface area (Å²) < 4.78 is 13.7. The van der Waals surface area contributed by atoms with Gasteiger partial charge < -0.3 is 10.5 Å². The molecule has 0 saturated carbocycles. The molecule has 0 amide bonds. The lowest BCUT2D eigenvalue weighted by Gasteiger charge is -2.14. The van der Waals surface area contributed by atoms with E-state index in [2.05, 4.69) is 0 Å². The fourth-order valence-corrected chi connectivity index (χ4v) is 2.56. The molecule has 0 heterocycles. The highest BCUT2D eigenvalue weighted by Crippen LogP contribution is 2.18. The van der Waals surface area contributed by atoms with Crippen LogP contribution < -0.4 is 0 Å². The van der Waals surface area contributed by atoms with Crippen LogP contribution in [0, 0.1) is 17.1 Å². The Morgan fingerprint density at radius 2 is 1.83 bits per heavy atom. The van der Waals surface area contributed by atoms with Gasteiger partial charge in [0.05, 0.1) is 6.42 Å². The predicted molar refractivity (Wildman–Crippen MR) is 88.5 cm³/mol. The van der Waals surface area contributed by atoms with Crippen LogP contribution in [0.5, 0.6) is 0 Å². The third-order valence-corrected chi connectivity index (χ3v) is 3.94. The molecule has 0 aromatic heterocycles. The van der Waals surface area contributed by atoms with E-state index in [-0.39, 0.29) is 18.2 Å². The summed E-state index contributed by atoms with van der Waals surface area (Å²) in [5, 5.41) is 17.1. The molecule has 4 heteroatoms. The van der Waals surface area contributed by atoms with E-state index in [4.69, 9.17) is 10.5 Å². The van der Waals surface area contributed by atoms with Crippen molar-refractivity contribution in [3.05, 3.63) is 71.0 Å². The zero-order valence-corrected chi connectivity index (χ0v) is 13.1. The normalized spacial score (nSPS) is 11.9. The van der Waals surface area contributed by atoms with E-state index in [9.17, 15) is 9.18 Å². The van der Waals surface area contributed by atoms with Gasteiger partial charge in [-0.05, 0) is 29.2 Å². The van der Waals surface area contributed by atoms with Crippen molar-refractivity contribution >= 4 is 11.7 Å². The summed E-state index contributed by atoms with van der Waals surface area (Å²) in [6.07, 6.45) is 1.07. The monoisotopic (exact) mass is 313 g/mol. The van der Waals surface area contributed by atoms with Crippen LogP contribution in [0.2, 0.25) is 0 Å². The number of benzene rings is 2. The van der Waals surface area contributed by atoms with E-state index in [1.807, 2.05) is 31.2 Å². The van der Waals surface area contributed by atoms with Crippen molar-refractivity contribution < 1.29 is 14.3 Å². The highest BCUT2D eigenvalue weighted by atomic mass is 19.1. The average molecular weight is 313 g/mol. The topological polar surface area (TPSA) is 61.1 Å². The molecule has 0 saturated heterocycles. The molecular formula is C19H20FNO2. The number of hydrogen-bond donors (Lipinski definition) is 2. The summed E-state index contributed by atoms with van der Waals surface area (Å²) in [6.45, 7) is 1.88. The van der Waals surface area contributed by atoms with E-state index in [1.165, 1.54) is 6.07 Å². The first-order chi connectivity index (χ1) is 11.0. The zero-order chi connectivity index (χ0) is 16.8. The Morgan fingerprint density at radius 1 is 1.17 bits per heavy atom. The van der Waals surface area contributed by atoms with Crippen LogP contribution in [-0.4, -0.2) is 16.8 Å². The van der Waals surface area contributed by atoms with Crippen LogP contribution in [0.25, 0.3) is 0 Å². The molecule has 0 fully saturated rings. The molecule has 2 N–H and O–H groups in total. The summed E-state index contributed by atoms with van der Waals surface area (Å²) in [7, 11) is 0. The van der Waals surface area contributed by atoms with E-state index in [0.717, 1.165) is 11.1 Å². The van der Waals surface area contributed by atoms with Gasteiger partial charge in [-0.3, -0.25) is 4.79 Å². The third-order valence-electron chi connectivity index (χ3n) is 3.94. The highest BCUT2D eigenvalue weighted by molar-refractivity contribution is 6.01. The van der Waals surface area contributed by atoms with Crippen molar-refractivity contribution in [1.29, 1.82) is 5.41 Å². The minimum absolute atomic E-state index is 0.0354. The number of aliphatic carboxylic acids is 1. The van der Waals surface area contributed by atoms with Crippen molar-refractivity contribution in [3.8, 4) is 0 Å². The molecule has 120 valence electrons. The Hall–Kier alpha value is -2.49. The van der Waals surface area contributed by atoms with Gasteiger partial charge in [0.25, 0.3) is 0 Å². The predicted octanol–water partition coefficient (Wildman–Crippen LogP) is 4.29. The molecule has 0 aliphatic rings. The zero-order valence-electron chi connectivity index (χ0n) is 13.1. The summed E-state index contributed by atoms with van der Waals surface area (Å²) in [5.74, 6) is -1.40. The lowest BCUT2D eigenvalue weighted by atomic mass is 9.91. The van der Waals surface area contributed by atoms with E-state index < -0.39 is 5.97 Å². The largest absolute Gasteiger partial charge is 0.481 e. The number of carboxylic acid groups (broad SMARTS) is 1. The second kappa shape index (κ2) is 7.68. The molecule has 2 rings (SSSR count). The van der Waals surface area contributed by atoms with Crippen LogP contribution in [-0.2, 0) is 11.2 Å². The molecule has 0 bridgehead atoms. The van der Waals surface area contributed by atoms with Crippen LogP contribution >= 0.6 is 0 Å². The summed E-state index contributed by atoms with van der Waals surface area (Å²) in [5.41, 5.74) is 2.65. The first-order valence-corrected chi connectivity index (χ1v) is 7.64. The van der Waals surface area contributed by atoms with E-state index in [0.29, 0.717) is 24.1 Å². The van der Waals surface area contributed by atoms with Crippen LogP contribution in [0.3, 0.4) is 0 Å². The Balaban J connectivity index is 2.11. The smallest absolute Gasteiger partial charge is 0.304 e. The molecule has 0 spiro atoms. The average Bonchev–Trinajstić information content (AvgIpc) is 2.54. The standard InChI is InChI=1S/C19H20FNO2/c1-2-14(12-18(22)23)19(21)15-9-7-13(8-10-15)11-16-5-3-4-6-17(16)20/h3-10,14,21H,2,11-12H2,1H3,(H,22,23)/t14-/m0/s1. The lowest BCUT2D eigenvalue weighted by molar-refractivity contribution is -0.137. The Morgan fingerprint density at radius 3 is 2.39 bits per heavy atom. The van der Waals surface area contributed by atoms with Crippen molar-refractivity contribution in [2.75, 3.05) is 0 Å². The molecular weight excluding hydrogens is 293 g/mol. The molecule has 2 aromatic carbocycles. The Labute approximate surface area is 135 Å². The summed E-state index contributed by atoms with van der Waals surface area (Å²) >= 11 is 0. The molecule has 0 aliphatic carbocycles. The maximum Gasteiger partial charge on any atom is 0.304 e. The van der Waals surface area contributed by atoms with Crippen molar-refractivity contribution in [1.82, 2.24) is 0 Å². The van der Waals surface area contributed by atoms with Gasteiger partial charge in [0.1, 0.15) is 5.82 Å². The minimum Gasteiger partial charge on any atom is -0.481 e. The molecule has 0 radical (unpaired) electrons. The fourth-order valence-electron chi connectivity index (χ4n) is 2.56. The maximum absolute atomic E-state index is 13.7. The molecule has 23 heavy (non-hydrogen) atoms. The molecule has 0 unspecified atom stereocenters. The molecule has 1 atom stereocenters. The van der Waals surface area contributed by atoms with Crippen LogP contribution in [0.4, 0.5) is 4.39 Å². The van der Waals surface area contributed by atoms with Gasteiger partial charge in [-0.2, -0.15) is 0 Å². The number of hydrogen-bond acceptors (Lipinski definition) is 2. The van der Waals surface area contributed by atoms with Gasteiger partial charge in [0.15, 0.2) is 0 Å². The van der Waals surface area contributed by atoms with E-state index in [1.54, 1.807) is 18.2 Å². The van der Waals surface area contributed by atoms with Gasteiger partial charge in [0, 0.05) is 18.1 Å². The van der Waals surface area contributed by atoms with E-state index >= 15 is 0 Å². The van der Waals surface area contributed by atoms with Crippen LogP contribution in [0.15, 0.2) is 48.5 Å². The second-order valence-corrected chi connectivity index (χ2v) is 5.58. The third kappa shape index (κ3) is 4.49. The summed E-state index contributed by atoms with van der Waals surface area (Å²) in [6, 6.07) is 14.0. The molecule has 2 aromatic rings. The Kier molecular flexibility index (Phi) is 5.63. The van der Waals surface area contributed by atoms with Gasteiger partial charge in [-0.25, -0.2) is 4.39 Å². The molecule has 3 nitrogen and oxygen atoms in total. The van der Waals surface area contributed by atoms with Crippen molar-refractivity contribution in [3.63, 3.8) is 0 Å². The minimum atomic E-state index is -0.891. The van der Waals surface area contributed by atoms with Gasteiger partial charge in [-0.15, -0.1) is 0 Å². The quantitative estimate of drug-likeness (QED) is 0.749. The maximum atomic E-state index is 13.7. The molecule has 0 aliphatic heterocycles. The highest BCUT2D eigenvalue weighted by Gasteiger charge is 2.17. The second-order valence-electron chi connectivity index (χ2n) is 5.58. The number of carboxylic acids is 1. The number of rotatable bonds is 7. The first kappa shape index (κ1) is 16.9. The fraction of sp³-hybridized carbons (Fsp3) is 0.263. The first-order valence-electron chi connectivity index (χ1n) is 7.64. The van der Waals surface area contributed by atoms with Crippen molar-refractivity contribution in [2.24, 2.45) is 5.92 Å². The number of halogens is 1. The van der Waals surface area contributed by atoms with Gasteiger partial charge in [-0.1, -0.05) is 49.4 Å². The number of carbonyl (C=O) groups is 1. The number of nitrogens with one attached hydrogen (secondary N) is 1. The van der Waals surface area contributed by atoms with Crippen LogP contribution in [0.1, 0.15) is 36.5 Å². The SMILES string of the molecule is CC[C@@H](CC(=O)O)C(=N)c1ccc(Cc2ccccc2F)cc1. The van der Waals surface area contributed by atoms with Gasteiger partial charge in [0.2, 0.25) is 0 Å². The van der Waals surface area contributed by atoms with Gasteiger partial charge >= 0.3 is 5.97 Å². The lowest BCUT2D eigenvalue weighted by Crippen LogP contribution is -2.18. The summed E-state index contributed by atoms with van der Waals surface area (Å²) in [4.78, 5) is 10.9.